The van der Waals surface area contributed by atoms with Crippen molar-refractivity contribution < 1.29 is 9.13 Å². The number of aromatic nitrogens is 3. The normalized spacial score (nSPS) is 10.8. The fourth-order valence-electron chi connectivity index (χ4n) is 2.08. The molecule has 0 aliphatic rings. The Bertz CT molecular complexity index is 820. The summed E-state index contributed by atoms with van der Waals surface area (Å²) < 4.78 is 19.5. The van der Waals surface area contributed by atoms with Crippen LogP contribution in [0.1, 0.15) is 17.0 Å². The number of benzene rings is 2. The minimum Gasteiger partial charge on any atom is -0.485 e. The van der Waals surface area contributed by atoms with Crippen molar-refractivity contribution in [3.8, 4) is 5.75 Å². The van der Waals surface area contributed by atoms with E-state index in [-0.39, 0.29) is 5.82 Å². The molecule has 0 radical (unpaired) electrons. The number of hydrogen-bond donors (Lipinski definition) is 1. The fourth-order valence-corrected chi connectivity index (χ4v) is 3.24. The van der Waals surface area contributed by atoms with Crippen LogP contribution in [0.5, 0.6) is 5.75 Å². The quantitative estimate of drug-likeness (QED) is 0.640. The number of aryl methyl sites for hydroxylation is 1. The highest BCUT2D eigenvalue weighted by atomic mass is 35.5. The number of para-hydroxylation sites is 1. The molecule has 0 spiro atoms. The first-order valence-electron chi connectivity index (χ1n) is 7.29. The molecular formula is C17H15ClFN3OS. The second-order valence-corrected chi connectivity index (χ2v) is 6.46. The average molecular weight is 364 g/mol. The number of thioether (sulfide) groups is 1. The highest BCUT2D eigenvalue weighted by molar-refractivity contribution is 7.98. The van der Waals surface area contributed by atoms with Gasteiger partial charge < -0.3 is 4.74 Å². The van der Waals surface area contributed by atoms with Gasteiger partial charge in [0.15, 0.2) is 5.82 Å². The zero-order valence-corrected chi connectivity index (χ0v) is 14.5. The van der Waals surface area contributed by atoms with Crippen molar-refractivity contribution >= 4 is 23.4 Å². The molecule has 0 unspecified atom stereocenters. The Morgan fingerprint density at radius 2 is 2.04 bits per heavy atom. The van der Waals surface area contributed by atoms with Crippen LogP contribution in [-0.2, 0) is 12.4 Å². The van der Waals surface area contributed by atoms with Crippen LogP contribution in [0.15, 0.2) is 47.6 Å². The van der Waals surface area contributed by atoms with E-state index in [0.717, 1.165) is 11.3 Å². The summed E-state index contributed by atoms with van der Waals surface area (Å²) in [6.45, 7) is 2.27. The Hall–Kier alpha value is -2.05. The van der Waals surface area contributed by atoms with Gasteiger partial charge in [0, 0.05) is 16.3 Å². The Kier molecular flexibility index (Phi) is 5.37. The summed E-state index contributed by atoms with van der Waals surface area (Å²) in [6.07, 6.45) is 0. The van der Waals surface area contributed by atoms with Crippen LogP contribution in [0.4, 0.5) is 4.39 Å². The molecule has 4 nitrogen and oxygen atoms in total. The highest BCUT2D eigenvalue weighted by Gasteiger charge is 2.10. The summed E-state index contributed by atoms with van der Waals surface area (Å²) in [6, 6.07) is 12.4. The summed E-state index contributed by atoms with van der Waals surface area (Å²) in [5.41, 5.74) is 1.51. The third kappa shape index (κ3) is 4.07. The lowest BCUT2D eigenvalue weighted by Gasteiger charge is -2.06. The molecule has 0 aliphatic carbocycles. The second-order valence-electron chi connectivity index (χ2n) is 5.11. The lowest BCUT2D eigenvalue weighted by Crippen LogP contribution is -1.98. The minimum absolute atomic E-state index is 0.291. The molecule has 0 bridgehead atoms. The number of nitrogens with one attached hydrogen (secondary N) is 1. The molecule has 0 amide bonds. The number of aromatic amines is 1. The Balaban J connectivity index is 1.59. The summed E-state index contributed by atoms with van der Waals surface area (Å²) in [4.78, 5) is 4.34. The van der Waals surface area contributed by atoms with E-state index < -0.39 is 0 Å². The number of nitrogens with zero attached hydrogens (tertiary/aromatic N) is 2. The standard InChI is InChI=1S/C17H15ClFN3OS/c1-11-5-2-3-8-15(11)23-9-16-20-17(22-21-16)24-10-12-13(18)6-4-7-14(12)19/h2-8H,9-10H2,1H3,(H,20,21,22). The number of hydrogen-bond acceptors (Lipinski definition) is 4. The summed E-state index contributed by atoms with van der Waals surface area (Å²) in [5.74, 6) is 1.46. The van der Waals surface area contributed by atoms with Crippen molar-refractivity contribution in [3.63, 3.8) is 0 Å². The molecule has 2 aromatic carbocycles. The Labute approximate surface area is 148 Å². The molecule has 0 fully saturated rings. The molecule has 24 heavy (non-hydrogen) atoms. The first kappa shape index (κ1) is 16.8. The smallest absolute Gasteiger partial charge is 0.208 e. The lowest BCUT2D eigenvalue weighted by atomic mass is 10.2. The first-order valence-corrected chi connectivity index (χ1v) is 8.65. The fraction of sp³-hybridized carbons (Fsp3) is 0.176. The number of ether oxygens (including phenoxy) is 1. The van der Waals surface area contributed by atoms with Crippen LogP contribution in [0.3, 0.4) is 0 Å². The molecular weight excluding hydrogens is 349 g/mol. The van der Waals surface area contributed by atoms with Crippen LogP contribution in [0.25, 0.3) is 0 Å². The van der Waals surface area contributed by atoms with Gasteiger partial charge in [-0.25, -0.2) is 9.37 Å². The molecule has 7 heteroatoms. The van der Waals surface area contributed by atoms with Gasteiger partial charge in [0.25, 0.3) is 0 Å². The highest BCUT2D eigenvalue weighted by Crippen LogP contribution is 2.26. The average Bonchev–Trinajstić information content (AvgIpc) is 3.01. The van der Waals surface area contributed by atoms with Crippen LogP contribution in [0.2, 0.25) is 5.02 Å². The van der Waals surface area contributed by atoms with Gasteiger partial charge in [0.1, 0.15) is 18.2 Å². The zero-order valence-electron chi connectivity index (χ0n) is 12.9. The van der Waals surface area contributed by atoms with E-state index in [9.17, 15) is 4.39 Å². The Morgan fingerprint density at radius 3 is 2.83 bits per heavy atom. The topological polar surface area (TPSA) is 50.8 Å². The molecule has 3 aromatic rings. The van der Waals surface area contributed by atoms with Crippen molar-refractivity contribution in [2.45, 2.75) is 24.4 Å². The summed E-state index contributed by atoms with van der Waals surface area (Å²) in [7, 11) is 0. The van der Waals surface area contributed by atoms with Crippen molar-refractivity contribution in [1.82, 2.24) is 15.2 Å². The van der Waals surface area contributed by atoms with E-state index in [2.05, 4.69) is 15.2 Å². The number of halogens is 2. The van der Waals surface area contributed by atoms with Gasteiger partial charge >= 0.3 is 0 Å². The van der Waals surface area contributed by atoms with Gasteiger partial charge in [-0.05, 0) is 30.7 Å². The van der Waals surface area contributed by atoms with Gasteiger partial charge in [-0.1, -0.05) is 47.6 Å². The van der Waals surface area contributed by atoms with Gasteiger partial charge in [0.05, 0.1) is 0 Å². The van der Waals surface area contributed by atoms with Gasteiger partial charge in [-0.2, -0.15) is 0 Å². The molecule has 0 saturated heterocycles. The van der Waals surface area contributed by atoms with Crippen molar-refractivity contribution in [2.75, 3.05) is 0 Å². The predicted molar refractivity (Wildman–Crippen MR) is 92.9 cm³/mol. The second kappa shape index (κ2) is 7.68. The van der Waals surface area contributed by atoms with E-state index in [4.69, 9.17) is 16.3 Å². The molecule has 0 atom stereocenters. The number of H-pyrrole nitrogens is 1. The molecule has 0 saturated carbocycles. The van der Waals surface area contributed by atoms with Gasteiger partial charge in [-0.15, -0.1) is 5.10 Å². The van der Waals surface area contributed by atoms with Crippen LogP contribution < -0.4 is 4.74 Å². The van der Waals surface area contributed by atoms with E-state index in [1.807, 2.05) is 31.2 Å². The molecule has 3 rings (SSSR count). The first-order chi connectivity index (χ1) is 11.6. The SMILES string of the molecule is Cc1ccccc1OCc1nc(SCc2c(F)cccc2Cl)n[nH]1. The van der Waals surface area contributed by atoms with Crippen LogP contribution >= 0.6 is 23.4 Å². The summed E-state index contributed by atoms with van der Waals surface area (Å²) >= 11 is 7.33. The van der Waals surface area contributed by atoms with Gasteiger partial charge in [0.2, 0.25) is 5.16 Å². The third-order valence-corrected chi connectivity index (χ3v) is 4.60. The lowest BCUT2D eigenvalue weighted by molar-refractivity contribution is 0.294. The van der Waals surface area contributed by atoms with E-state index >= 15 is 0 Å². The summed E-state index contributed by atoms with van der Waals surface area (Å²) in [5, 5.41) is 7.86. The van der Waals surface area contributed by atoms with Crippen molar-refractivity contribution in [3.05, 3.63) is 70.3 Å². The van der Waals surface area contributed by atoms with E-state index in [0.29, 0.717) is 33.9 Å². The maximum absolute atomic E-state index is 13.7. The van der Waals surface area contributed by atoms with E-state index in [1.165, 1.54) is 17.8 Å². The Morgan fingerprint density at radius 1 is 1.21 bits per heavy atom. The van der Waals surface area contributed by atoms with E-state index in [1.54, 1.807) is 12.1 Å². The maximum Gasteiger partial charge on any atom is 0.208 e. The van der Waals surface area contributed by atoms with Gasteiger partial charge in [-0.3, -0.25) is 5.10 Å². The molecule has 1 aromatic heterocycles. The predicted octanol–water partition coefficient (Wildman–Crippen LogP) is 4.78. The van der Waals surface area contributed by atoms with Crippen molar-refractivity contribution in [2.24, 2.45) is 0 Å². The monoisotopic (exact) mass is 363 g/mol. The van der Waals surface area contributed by atoms with Crippen LogP contribution in [-0.4, -0.2) is 15.2 Å². The molecule has 124 valence electrons. The number of rotatable bonds is 6. The van der Waals surface area contributed by atoms with Crippen molar-refractivity contribution in [1.29, 1.82) is 0 Å². The molecule has 1 heterocycles. The molecule has 0 aliphatic heterocycles. The largest absolute Gasteiger partial charge is 0.485 e. The molecule has 1 N–H and O–H groups in total. The maximum atomic E-state index is 13.7. The zero-order chi connectivity index (χ0) is 16.9. The minimum atomic E-state index is -0.325. The third-order valence-electron chi connectivity index (χ3n) is 3.38. The van der Waals surface area contributed by atoms with Crippen LogP contribution in [0, 0.1) is 12.7 Å².